The highest BCUT2D eigenvalue weighted by Gasteiger charge is 2.18. The Balaban J connectivity index is 1.09. The van der Waals surface area contributed by atoms with Crippen molar-refractivity contribution >= 4 is 54.4 Å². The van der Waals surface area contributed by atoms with E-state index < -0.39 is 0 Å². The van der Waals surface area contributed by atoms with E-state index in [2.05, 4.69) is 209 Å². The number of para-hydroxylation sites is 2. The average molecular weight is 688 g/mol. The molecule has 0 bridgehead atoms. The Morgan fingerprint density at radius 2 is 0.833 bits per heavy atom. The first-order valence-corrected chi connectivity index (χ1v) is 18.5. The molecule has 3 aromatic heterocycles. The minimum atomic E-state index is 0.900. The fraction of sp³-hybridized carbons (Fsp3) is 0. The SMILES string of the molecule is c1ccc(-c2cc(-c3ccccc3)nc(-n3c4ccccc4c4cc(-c5ccc6c(c5)c5ccccc5n6-c5ccc6ccccc6c5)ccc43)c2)cc1. The summed E-state index contributed by atoms with van der Waals surface area (Å²) in [4.78, 5) is 5.32. The van der Waals surface area contributed by atoms with Crippen LogP contribution in [0.5, 0.6) is 0 Å². The maximum absolute atomic E-state index is 5.32. The summed E-state index contributed by atoms with van der Waals surface area (Å²) in [6, 6.07) is 72.1. The van der Waals surface area contributed by atoms with E-state index in [4.69, 9.17) is 4.98 Å². The van der Waals surface area contributed by atoms with Gasteiger partial charge in [-0.3, -0.25) is 4.57 Å². The van der Waals surface area contributed by atoms with E-state index in [9.17, 15) is 0 Å². The third-order valence-corrected chi connectivity index (χ3v) is 10.9. The Labute approximate surface area is 312 Å². The van der Waals surface area contributed by atoms with E-state index in [1.807, 2.05) is 0 Å². The van der Waals surface area contributed by atoms with Gasteiger partial charge in [-0.2, -0.15) is 0 Å². The summed E-state index contributed by atoms with van der Waals surface area (Å²) in [5.41, 5.74) is 12.6. The number of hydrogen-bond acceptors (Lipinski definition) is 1. The topological polar surface area (TPSA) is 22.8 Å². The lowest BCUT2D eigenvalue weighted by atomic mass is 10.0. The lowest BCUT2D eigenvalue weighted by molar-refractivity contribution is 1.08. The minimum absolute atomic E-state index is 0.900. The molecule has 3 heteroatoms. The number of benzene rings is 8. The minimum Gasteiger partial charge on any atom is -0.309 e. The maximum Gasteiger partial charge on any atom is 0.138 e. The lowest BCUT2D eigenvalue weighted by Gasteiger charge is -2.13. The predicted octanol–water partition coefficient (Wildman–Crippen LogP) is 13.4. The monoisotopic (exact) mass is 687 g/mol. The molecule has 8 aromatic carbocycles. The van der Waals surface area contributed by atoms with Crippen molar-refractivity contribution in [2.45, 2.75) is 0 Å². The van der Waals surface area contributed by atoms with Crippen molar-refractivity contribution < 1.29 is 0 Å². The molecule has 11 aromatic rings. The first-order valence-electron chi connectivity index (χ1n) is 18.5. The Morgan fingerprint density at radius 1 is 0.296 bits per heavy atom. The molecule has 0 saturated heterocycles. The van der Waals surface area contributed by atoms with Crippen molar-refractivity contribution in [3.63, 3.8) is 0 Å². The second kappa shape index (κ2) is 12.2. The van der Waals surface area contributed by atoms with Crippen molar-refractivity contribution in [3.05, 3.63) is 200 Å². The van der Waals surface area contributed by atoms with Crippen LogP contribution in [-0.4, -0.2) is 14.1 Å². The molecule has 0 amide bonds. The van der Waals surface area contributed by atoms with Crippen LogP contribution in [0.1, 0.15) is 0 Å². The van der Waals surface area contributed by atoms with Gasteiger partial charge in [0.25, 0.3) is 0 Å². The third-order valence-electron chi connectivity index (χ3n) is 10.9. The maximum atomic E-state index is 5.32. The van der Waals surface area contributed by atoms with Crippen molar-refractivity contribution in [1.82, 2.24) is 14.1 Å². The smallest absolute Gasteiger partial charge is 0.138 e. The number of aromatic nitrogens is 3. The molecule has 252 valence electrons. The number of pyridine rings is 1. The lowest BCUT2D eigenvalue weighted by Crippen LogP contribution is -2.00. The fourth-order valence-electron chi connectivity index (χ4n) is 8.33. The number of hydrogen-bond donors (Lipinski definition) is 0. The summed E-state index contributed by atoms with van der Waals surface area (Å²) >= 11 is 0. The summed E-state index contributed by atoms with van der Waals surface area (Å²) < 4.78 is 4.73. The molecule has 0 N–H and O–H groups in total. The normalized spacial score (nSPS) is 11.7. The van der Waals surface area contributed by atoms with Crippen LogP contribution in [0, 0.1) is 0 Å². The molecule has 0 aliphatic heterocycles. The van der Waals surface area contributed by atoms with E-state index in [-0.39, 0.29) is 0 Å². The van der Waals surface area contributed by atoms with Crippen LogP contribution in [0.2, 0.25) is 0 Å². The predicted molar refractivity (Wildman–Crippen MR) is 227 cm³/mol. The molecule has 0 spiro atoms. The van der Waals surface area contributed by atoms with E-state index in [0.717, 1.165) is 33.7 Å². The fourth-order valence-corrected chi connectivity index (χ4v) is 8.33. The number of rotatable bonds is 5. The molecule has 0 unspecified atom stereocenters. The molecular formula is C51H33N3. The quantitative estimate of drug-likeness (QED) is 0.177. The Kier molecular flexibility index (Phi) is 6.86. The molecular weight excluding hydrogens is 655 g/mol. The van der Waals surface area contributed by atoms with Crippen molar-refractivity contribution in [2.24, 2.45) is 0 Å². The highest BCUT2D eigenvalue weighted by atomic mass is 15.1. The summed E-state index contributed by atoms with van der Waals surface area (Å²) in [7, 11) is 0. The Bertz CT molecular complexity index is 3150. The zero-order valence-corrected chi connectivity index (χ0v) is 29.4. The summed E-state index contributed by atoms with van der Waals surface area (Å²) in [5.74, 6) is 0.900. The van der Waals surface area contributed by atoms with Crippen molar-refractivity contribution in [2.75, 3.05) is 0 Å². The first-order chi connectivity index (χ1) is 26.8. The van der Waals surface area contributed by atoms with Crippen LogP contribution in [0.4, 0.5) is 0 Å². The van der Waals surface area contributed by atoms with Gasteiger partial charge in [-0.1, -0.05) is 140 Å². The summed E-state index contributed by atoms with van der Waals surface area (Å²) in [6.45, 7) is 0. The molecule has 54 heavy (non-hydrogen) atoms. The van der Waals surface area contributed by atoms with Crippen molar-refractivity contribution in [1.29, 1.82) is 0 Å². The molecule has 0 fully saturated rings. The Morgan fingerprint density at radius 3 is 1.52 bits per heavy atom. The second-order valence-corrected chi connectivity index (χ2v) is 14.0. The molecule has 0 aliphatic carbocycles. The van der Waals surface area contributed by atoms with E-state index in [1.54, 1.807) is 0 Å². The van der Waals surface area contributed by atoms with Gasteiger partial charge in [0.05, 0.1) is 27.8 Å². The van der Waals surface area contributed by atoms with E-state index in [1.165, 1.54) is 65.7 Å². The molecule has 0 radical (unpaired) electrons. The number of fused-ring (bicyclic) bond motifs is 7. The van der Waals surface area contributed by atoms with Crippen LogP contribution in [-0.2, 0) is 0 Å². The van der Waals surface area contributed by atoms with Gasteiger partial charge in [0.15, 0.2) is 0 Å². The first kappa shape index (κ1) is 30.4. The average Bonchev–Trinajstić information content (AvgIpc) is 3.76. The van der Waals surface area contributed by atoms with Crippen molar-refractivity contribution in [3.8, 4) is 45.0 Å². The van der Waals surface area contributed by atoms with E-state index >= 15 is 0 Å². The van der Waals surface area contributed by atoms with Gasteiger partial charge in [0.1, 0.15) is 5.82 Å². The molecule has 0 aliphatic rings. The zero-order valence-electron chi connectivity index (χ0n) is 29.4. The van der Waals surface area contributed by atoms with Crippen LogP contribution < -0.4 is 0 Å². The highest BCUT2D eigenvalue weighted by molar-refractivity contribution is 6.13. The Hall–Kier alpha value is -7.23. The molecule has 0 atom stereocenters. The molecule has 11 rings (SSSR count). The van der Waals surface area contributed by atoms with Gasteiger partial charge in [0.2, 0.25) is 0 Å². The van der Waals surface area contributed by atoms with Gasteiger partial charge in [-0.25, -0.2) is 4.98 Å². The zero-order chi connectivity index (χ0) is 35.6. The second-order valence-electron chi connectivity index (χ2n) is 14.0. The molecule has 3 nitrogen and oxygen atoms in total. The summed E-state index contributed by atoms with van der Waals surface area (Å²) in [6.07, 6.45) is 0. The number of nitrogens with zero attached hydrogens (tertiary/aromatic N) is 3. The standard InChI is InChI=1S/C51H33N3/c1-3-13-34(14-4-1)40-32-46(36-16-5-2-6-17-36)52-51(33-40)54-48-22-12-10-20-43(48)45-31-39(25-28-50(45)54)38-24-27-49-44(30-38)42-19-9-11-21-47(42)53(49)41-26-23-35-15-7-8-18-37(35)29-41/h1-33H. The van der Waals surface area contributed by atoms with Gasteiger partial charge in [-0.15, -0.1) is 0 Å². The largest absolute Gasteiger partial charge is 0.309 e. The van der Waals surface area contributed by atoms with Crippen LogP contribution in [0.3, 0.4) is 0 Å². The van der Waals surface area contributed by atoms with Crippen LogP contribution in [0.15, 0.2) is 200 Å². The van der Waals surface area contributed by atoms with Gasteiger partial charge < -0.3 is 4.57 Å². The van der Waals surface area contributed by atoms with Gasteiger partial charge in [-0.05, 0) is 93.7 Å². The highest BCUT2D eigenvalue weighted by Crippen LogP contribution is 2.39. The van der Waals surface area contributed by atoms with E-state index in [0.29, 0.717) is 0 Å². The molecule has 3 heterocycles. The van der Waals surface area contributed by atoms with Crippen LogP contribution >= 0.6 is 0 Å². The van der Waals surface area contributed by atoms with Gasteiger partial charge in [0, 0.05) is 32.8 Å². The molecule has 0 saturated carbocycles. The van der Waals surface area contributed by atoms with Gasteiger partial charge >= 0.3 is 0 Å². The summed E-state index contributed by atoms with van der Waals surface area (Å²) in [5, 5.41) is 7.39. The van der Waals surface area contributed by atoms with Crippen LogP contribution in [0.25, 0.3) is 99.4 Å². The third kappa shape index (κ3) is 4.87.